The Kier molecular flexibility index (Phi) is 3.63. The molecule has 7 nitrogen and oxygen atoms in total. The lowest BCUT2D eigenvalue weighted by atomic mass is 10.2. The van der Waals surface area contributed by atoms with Crippen molar-refractivity contribution in [3.8, 4) is 11.4 Å². The second kappa shape index (κ2) is 5.92. The van der Waals surface area contributed by atoms with E-state index in [1.807, 2.05) is 10.6 Å². The molecule has 1 aliphatic heterocycles. The van der Waals surface area contributed by atoms with Crippen molar-refractivity contribution in [3.63, 3.8) is 0 Å². The van der Waals surface area contributed by atoms with Gasteiger partial charge in [-0.15, -0.1) is 0 Å². The molecule has 4 rings (SSSR count). The van der Waals surface area contributed by atoms with Gasteiger partial charge in [0.25, 0.3) is 0 Å². The maximum Gasteiger partial charge on any atom is 0.158 e. The Labute approximate surface area is 134 Å². The van der Waals surface area contributed by atoms with Gasteiger partial charge >= 0.3 is 0 Å². The molecule has 1 aliphatic rings. The van der Waals surface area contributed by atoms with E-state index in [2.05, 4.69) is 43.7 Å². The zero-order valence-electron chi connectivity index (χ0n) is 13.0. The molecule has 4 heterocycles. The summed E-state index contributed by atoms with van der Waals surface area (Å²) in [7, 11) is 0. The van der Waals surface area contributed by atoms with Gasteiger partial charge in [0.1, 0.15) is 17.2 Å². The second-order valence-electron chi connectivity index (χ2n) is 5.71. The van der Waals surface area contributed by atoms with Crippen molar-refractivity contribution in [3.05, 3.63) is 36.4 Å². The molecule has 1 saturated heterocycles. The van der Waals surface area contributed by atoms with E-state index in [-0.39, 0.29) is 0 Å². The van der Waals surface area contributed by atoms with Crippen LogP contribution in [0.5, 0.6) is 0 Å². The summed E-state index contributed by atoms with van der Waals surface area (Å²) in [5.41, 5.74) is 3.42. The van der Waals surface area contributed by atoms with E-state index in [4.69, 9.17) is 0 Å². The van der Waals surface area contributed by atoms with Gasteiger partial charge in [0.2, 0.25) is 0 Å². The van der Waals surface area contributed by atoms with E-state index < -0.39 is 0 Å². The van der Waals surface area contributed by atoms with Crippen molar-refractivity contribution in [2.75, 3.05) is 18.4 Å². The average molecular weight is 309 g/mol. The average Bonchev–Trinajstić information content (AvgIpc) is 3.24. The number of rotatable bonds is 4. The third kappa shape index (κ3) is 2.75. The van der Waals surface area contributed by atoms with Crippen molar-refractivity contribution < 1.29 is 0 Å². The molecule has 0 bridgehead atoms. The van der Waals surface area contributed by atoms with Crippen molar-refractivity contribution in [1.82, 2.24) is 29.9 Å². The standard InChI is InChI=1S/C16H19N7/c1-2-11-7-15(21-12-3-4-17-9-12)23-16(20-11)8-13(22-23)14-10-18-5-6-19-14/h5-8,10,12,17,21H,2-4,9H2,1H3. The highest BCUT2D eigenvalue weighted by Gasteiger charge is 2.17. The minimum atomic E-state index is 0.425. The van der Waals surface area contributed by atoms with E-state index in [0.717, 1.165) is 54.5 Å². The molecule has 1 unspecified atom stereocenters. The Balaban J connectivity index is 1.78. The number of anilines is 1. The zero-order chi connectivity index (χ0) is 15.6. The lowest BCUT2D eigenvalue weighted by molar-refractivity contribution is 0.772. The Bertz CT molecular complexity index is 806. The monoisotopic (exact) mass is 309 g/mol. The maximum atomic E-state index is 4.67. The van der Waals surface area contributed by atoms with E-state index in [9.17, 15) is 0 Å². The van der Waals surface area contributed by atoms with E-state index in [1.54, 1.807) is 18.6 Å². The summed E-state index contributed by atoms with van der Waals surface area (Å²) < 4.78 is 1.86. The van der Waals surface area contributed by atoms with Crippen LogP contribution in [0.3, 0.4) is 0 Å². The SMILES string of the molecule is CCc1cc(NC2CCNC2)n2nc(-c3cnccn3)cc2n1. The third-order valence-corrected chi connectivity index (χ3v) is 4.08. The number of aryl methyl sites for hydroxylation is 1. The number of nitrogens with one attached hydrogen (secondary N) is 2. The van der Waals surface area contributed by atoms with Gasteiger partial charge in [-0.1, -0.05) is 6.92 Å². The minimum Gasteiger partial charge on any atom is -0.366 e. The van der Waals surface area contributed by atoms with Crippen LogP contribution in [-0.4, -0.2) is 43.7 Å². The van der Waals surface area contributed by atoms with Gasteiger partial charge in [0.05, 0.1) is 6.20 Å². The molecule has 0 aromatic carbocycles. The molecule has 118 valence electrons. The summed E-state index contributed by atoms with van der Waals surface area (Å²) in [4.78, 5) is 13.1. The number of nitrogens with zero attached hydrogens (tertiary/aromatic N) is 5. The van der Waals surface area contributed by atoms with Gasteiger partial charge in [-0.05, 0) is 19.4 Å². The fourth-order valence-electron chi connectivity index (χ4n) is 2.85. The topological polar surface area (TPSA) is 80.0 Å². The van der Waals surface area contributed by atoms with Gasteiger partial charge in [0, 0.05) is 42.8 Å². The first kappa shape index (κ1) is 14.1. The Morgan fingerprint density at radius 2 is 2.26 bits per heavy atom. The van der Waals surface area contributed by atoms with Gasteiger partial charge in [-0.25, -0.2) is 4.98 Å². The largest absolute Gasteiger partial charge is 0.366 e. The van der Waals surface area contributed by atoms with E-state index >= 15 is 0 Å². The van der Waals surface area contributed by atoms with Crippen LogP contribution >= 0.6 is 0 Å². The molecule has 0 amide bonds. The summed E-state index contributed by atoms with van der Waals surface area (Å²) in [5.74, 6) is 0.982. The molecular weight excluding hydrogens is 290 g/mol. The molecule has 1 fully saturated rings. The summed E-state index contributed by atoms with van der Waals surface area (Å²) in [6, 6.07) is 4.47. The van der Waals surface area contributed by atoms with Crippen LogP contribution in [0.1, 0.15) is 19.0 Å². The molecule has 3 aromatic rings. The summed E-state index contributed by atoms with van der Waals surface area (Å²) in [6.07, 6.45) is 7.06. The molecule has 0 radical (unpaired) electrons. The van der Waals surface area contributed by atoms with Gasteiger partial charge in [-0.2, -0.15) is 9.61 Å². The van der Waals surface area contributed by atoms with Crippen LogP contribution in [0.2, 0.25) is 0 Å². The van der Waals surface area contributed by atoms with Crippen LogP contribution in [-0.2, 0) is 6.42 Å². The quantitative estimate of drug-likeness (QED) is 0.761. The van der Waals surface area contributed by atoms with Crippen molar-refractivity contribution >= 4 is 11.5 Å². The molecule has 1 atom stereocenters. The molecule has 7 heteroatoms. The van der Waals surface area contributed by atoms with Crippen LogP contribution in [0, 0.1) is 0 Å². The zero-order valence-corrected chi connectivity index (χ0v) is 13.0. The number of hydrogen-bond acceptors (Lipinski definition) is 6. The van der Waals surface area contributed by atoms with Gasteiger partial charge in [-0.3, -0.25) is 9.97 Å². The van der Waals surface area contributed by atoms with E-state index in [0.29, 0.717) is 6.04 Å². The van der Waals surface area contributed by atoms with Gasteiger partial charge < -0.3 is 10.6 Å². The highest BCUT2D eigenvalue weighted by molar-refractivity contribution is 5.62. The number of hydrogen-bond donors (Lipinski definition) is 2. The predicted molar refractivity (Wildman–Crippen MR) is 88.3 cm³/mol. The fourth-order valence-corrected chi connectivity index (χ4v) is 2.85. The lowest BCUT2D eigenvalue weighted by Crippen LogP contribution is -2.23. The predicted octanol–water partition coefficient (Wildman–Crippen LogP) is 1.52. The van der Waals surface area contributed by atoms with Crippen LogP contribution < -0.4 is 10.6 Å². The molecule has 0 saturated carbocycles. The highest BCUT2D eigenvalue weighted by Crippen LogP contribution is 2.21. The molecular formula is C16H19N7. The van der Waals surface area contributed by atoms with Crippen molar-refractivity contribution in [2.45, 2.75) is 25.8 Å². The number of aromatic nitrogens is 5. The van der Waals surface area contributed by atoms with Crippen molar-refractivity contribution in [2.24, 2.45) is 0 Å². The fraction of sp³-hybridized carbons (Fsp3) is 0.375. The molecule has 0 spiro atoms. The molecule has 23 heavy (non-hydrogen) atoms. The third-order valence-electron chi connectivity index (χ3n) is 4.08. The van der Waals surface area contributed by atoms with Crippen molar-refractivity contribution in [1.29, 1.82) is 0 Å². The smallest absolute Gasteiger partial charge is 0.158 e. The maximum absolute atomic E-state index is 4.67. The summed E-state index contributed by atoms with van der Waals surface area (Å²) >= 11 is 0. The Morgan fingerprint density at radius 3 is 3.00 bits per heavy atom. The molecule has 2 N–H and O–H groups in total. The van der Waals surface area contributed by atoms with E-state index in [1.165, 1.54) is 0 Å². The first-order valence-electron chi connectivity index (χ1n) is 7.97. The van der Waals surface area contributed by atoms with Crippen LogP contribution in [0.15, 0.2) is 30.7 Å². The van der Waals surface area contributed by atoms with Gasteiger partial charge in [0.15, 0.2) is 5.65 Å². The normalized spacial score (nSPS) is 17.7. The van der Waals surface area contributed by atoms with Crippen LogP contribution in [0.4, 0.5) is 5.82 Å². The first-order valence-corrected chi connectivity index (χ1v) is 7.97. The first-order chi connectivity index (χ1) is 11.3. The second-order valence-corrected chi connectivity index (χ2v) is 5.71. The van der Waals surface area contributed by atoms with Crippen LogP contribution in [0.25, 0.3) is 17.0 Å². The Morgan fingerprint density at radius 1 is 1.30 bits per heavy atom. The summed E-state index contributed by atoms with van der Waals surface area (Å²) in [6.45, 7) is 4.14. The minimum absolute atomic E-state index is 0.425. The highest BCUT2D eigenvalue weighted by atomic mass is 15.3. The Hall–Kier alpha value is -2.54. The number of fused-ring (bicyclic) bond motifs is 1. The summed E-state index contributed by atoms with van der Waals surface area (Å²) in [5, 5.41) is 11.6. The lowest BCUT2D eigenvalue weighted by Gasteiger charge is -2.14. The molecule has 3 aromatic heterocycles. The molecule has 0 aliphatic carbocycles.